The summed E-state index contributed by atoms with van der Waals surface area (Å²) in [6, 6.07) is 2.05. The Balaban J connectivity index is 2.47. The number of allylic oxidation sites excluding steroid dienone is 1. The minimum Gasteiger partial charge on any atom is -0.261 e. The highest BCUT2D eigenvalue weighted by Crippen LogP contribution is 2.28. The molecule has 3 heteroatoms. The second-order valence-corrected chi connectivity index (χ2v) is 3.61. The first-order valence-electron chi connectivity index (χ1n) is 4.21. The molecule has 0 aromatic carbocycles. The van der Waals surface area contributed by atoms with Crippen molar-refractivity contribution in [2.24, 2.45) is 0 Å². The third-order valence-corrected chi connectivity index (χ3v) is 2.74. The van der Waals surface area contributed by atoms with E-state index in [0.717, 1.165) is 16.1 Å². The van der Waals surface area contributed by atoms with E-state index < -0.39 is 0 Å². The lowest BCUT2D eigenvalue weighted by Crippen LogP contribution is -1.82. The first-order chi connectivity index (χ1) is 6.92. The smallest absolute Gasteiger partial charge is 0.0990 e. The van der Waals surface area contributed by atoms with Gasteiger partial charge in [-0.25, -0.2) is 0 Å². The molecule has 0 spiro atoms. The molecular formula is C11H9N2S. The summed E-state index contributed by atoms with van der Waals surface area (Å²) in [5.74, 6) is 0. The van der Waals surface area contributed by atoms with Crippen molar-refractivity contribution < 1.29 is 0 Å². The summed E-state index contributed by atoms with van der Waals surface area (Å²) < 4.78 is 0. The number of rotatable bonds is 2. The molecule has 0 fully saturated rings. The maximum atomic E-state index is 4.26. The molecule has 0 amide bonds. The quantitative estimate of drug-likeness (QED) is 0.746. The van der Waals surface area contributed by atoms with E-state index in [0.29, 0.717) is 0 Å². The summed E-state index contributed by atoms with van der Waals surface area (Å²) in [6.07, 6.45) is 8.90. The first kappa shape index (κ1) is 9.09. The minimum absolute atomic E-state index is 0.913. The molecular weight excluding hydrogens is 192 g/mol. The maximum absolute atomic E-state index is 4.26. The molecule has 14 heavy (non-hydrogen) atoms. The topological polar surface area (TPSA) is 25.8 Å². The van der Waals surface area contributed by atoms with Gasteiger partial charge in [-0.05, 0) is 23.9 Å². The molecule has 0 unspecified atom stereocenters. The highest BCUT2D eigenvalue weighted by Gasteiger charge is 2.04. The Bertz CT molecular complexity index is 432. The summed E-state index contributed by atoms with van der Waals surface area (Å²) in [5.41, 5.74) is 2.06. The van der Waals surface area contributed by atoms with Crippen LogP contribution < -0.4 is 0 Å². The fraction of sp³-hybridized carbons (Fsp3) is 0. The van der Waals surface area contributed by atoms with Crippen LogP contribution in [0.15, 0.2) is 36.1 Å². The van der Waals surface area contributed by atoms with E-state index in [1.807, 2.05) is 11.5 Å². The van der Waals surface area contributed by atoms with Gasteiger partial charge in [-0.3, -0.25) is 9.97 Å². The molecule has 2 aromatic rings. The predicted octanol–water partition coefficient (Wildman–Crippen LogP) is 3.05. The third kappa shape index (κ3) is 1.72. The zero-order valence-corrected chi connectivity index (χ0v) is 8.37. The Morgan fingerprint density at radius 2 is 2.29 bits per heavy atom. The molecule has 2 rings (SSSR count). The molecule has 0 aliphatic heterocycles. The maximum Gasteiger partial charge on any atom is 0.0990 e. The molecule has 2 nitrogen and oxygen atoms in total. The average Bonchev–Trinajstić information content (AvgIpc) is 2.68. The van der Waals surface area contributed by atoms with Crippen molar-refractivity contribution in [2.75, 3.05) is 0 Å². The van der Waals surface area contributed by atoms with Gasteiger partial charge in [0, 0.05) is 12.4 Å². The Morgan fingerprint density at radius 1 is 1.36 bits per heavy atom. The van der Waals surface area contributed by atoms with E-state index in [1.165, 1.54) is 0 Å². The number of hydrogen-bond donors (Lipinski definition) is 0. The van der Waals surface area contributed by atoms with Crippen LogP contribution in [0.1, 0.15) is 5.56 Å². The van der Waals surface area contributed by atoms with Crippen LogP contribution in [0.25, 0.3) is 16.6 Å². The molecule has 0 aliphatic carbocycles. The van der Waals surface area contributed by atoms with Crippen LogP contribution in [-0.2, 0) is 0 Å². The molecule has 0 atom stereocenters. The van der Waals surface area contributed by atoms with Gasteiger partial charge < -0.3 is 0 Å². The first-order valence-corrected chi connectivity index (χ1v) is 5.09. The SMILES string of the molecule is [CH2]/C=C/c1ccsc1-c1cnccn1. The van der Waals surface area contributed by atoms with Gasteiger partial charge in [0.05, 0.1) is 16.8 Å². The van der Waals surface area contributed by atoms with Gasteiger partial charge in [0.2, 0.25) is 0 Å². The molecule has 0 N–H and O–H groups in total. The average molecular weight is 201 g/mol. The Labute approximate surface area is 87.0 Å². The lowest BCUT2D eigenvalue weighted by molar-refractivity contribution is 1.21. The van der Waals surface area contributed by atoms with E-state index in [-0.39, 0.29) is 0 Å². The van der Waals surface area contributed by atoms with Crippen LogP contribution in [0.4, 0.5) is 0 Å². The van der Waals surface area contributed by atoms with Gasteiger partial charge >= 0.3 is 0 Å². The zero-order valence-electron chi connectivity index (χ0n) is 7.55. The number of nitrogens with zero attached hydrogens (tertiary/aromatic N) is 2. The summed E-state index contributed by atoms with van der Waals surface area (Å²) in [5, 5.41) is 2.04. The standard InChI is InChI=1S/C11H9N2S/c1-2-3-9-4-7-14-11(9)10-8-12-5-6-13-10/h2-8H,1H2/b3-2+. The third-order valence-electron chi connectivity index (χ3n) is 1.79. The highest BCUT2D eigenvalue weighted by molar-refractivity contribution is 7.13. The fourth-order valence-electron chi connectivity index (χ4n) is 1.20. The van der Waals surface area contributed by atoms with Crippen LogP contribution >= 0.6 is 11.3 Å². The second kappa shape index (κ2) is 4.15. The van der Waals surface area contributed by atoms with E-state index in [4.69, 9.17) is 0 Å². The molecule has 2 heterocycles. The second-order valence-electron chi connectivity index (χ2n) is 2.70. The van der Waals surface area contributed by atoms with E-state index >= 15 is 0 Å². The number of thiophene rings is 1. The van der Waals surface area contributed by atoms with Crippen LogP contribution in [0.5, 0.6) is 0 Å². The molecule has 2 aromatic heterocycles. The van der Waals surface area contributed by atoms with Crippen molar-refractivity contribution in [3.05, 3.63) is 48.6 Å². The number of aromatic nitrogens is 2. The van der Waals surface area contributed by atoms with Crippen molar-refractivity contribution in [1.82, 2.24) is 9.97 Å². The summed E-state index contributed by atoms with van der Waals surface area (Å²) in [7, 11) is 0. The molecule has 0 aliphatic rings. The van der Waals surface area contributed by atoms with Crippen molar-refractivity contribution >= 4 is 17.4 Å². The Hall–Kier alpha value is -1.48. The van der Waals surface area contributed by atoms with Crippen LogP contribution in [0.2, 0.25) is 0 Å². The largest absolute Gasteiger partial charge is 0.261 e. The van der Waals surface area contributed by atoms with Crippen molar-refractivity contribution in [2.45, 2.75) is 0 Å². The Kier molecular flexibility index (Phi) is 2.70. The minimum atomic E-state index is 0.913. The van der Waals surface area contributed by atoms with E-state index in [9.17, 15) is 0 Å². The lowest BCUT2D eigenvalue weighted by Gasteiger charge is -1.96. The van der Waals surface area contributed by atoms with E-state index in [2.05, 4.69) is 23.0 Å². The van der Waals surface area contributed by atoms with Crippen LogP contribution in [-0.4, -0.2) is 9.97 Å². The Morgan fingerprint density at radius 3 is 3.00 bits per heavy atom. The lowest BCUT2D eigenvalue weighted by atomic mass is 10.2. The van der Waals surface area contributed by atoms with Gasteiger partial charge in [0.25, 0.3) is 0 Å². The van der Waals surface area contributed by atoms with Gasteiger partial charge in [-0.2, -0.15) is 0 Å². The fourth-order valence-corrected chi connectivity index (χ4v) is 2.05. The van der Waals surface area contributed by atoms with Gasteiger partial charge in [0.1, 0.15) is 0 Å². The summed E-state index contributed by atoms with van der Waals surface area (Å²) in [6.45, 7) is 3.68. The highest BCUT2D eigenvalue weighted by atomic mass is 32.1. The van der Waals surface area contributed by atoms with Gasteiger partial charge in [0.15, 0.2) is 0 Å². The zero-order chi connectivity index (χ0) is 9.80. The molecule has 69 valence electrons. The van der Waals surface area contributed by atoms with Crippen LogP contribution in [0.3, 0.4) is 0 Å². The molecule has 0 bridgehead atoms. The van der Waals surface area contributed by atoms with Crippen LogP contribution in [0, 0.1) is 6.92 Å². The van der Waals surface area contributed by atoms with Crippen molar-refractivity contribution in [3.8, 4) is 10.6 Å². The van der Waals surface area contributed by atoms with Crippen molar-refractivity contribution in [3.63, 3.8) is 0 Å². The van der Waals surface area contributed by atoms with E-state index in [1.54, 1.807) is 36.0 Å². The molecule has 0 saturated carbocycles. The predicted molar refractivity (Wildman–Crippen MR) is 59.7 cm³/mol. The van der Waals surface area contributed by atoms with Crippen molar-refractivity contribution in [1.29, 1.82) is 0 Å². The summed E-state index contributed by atoms with van der Waals surface area (Å²) >= 11 is 1.66. The van der Waals surface area contributed by atoms with Gasteiger partial charge in [-0.15, -0.1) is 11.3 Å². The molecule has 0 saturated heterocycles. The monoisotopic (exact) mass is 201 g/mol. The summed E-state index contributed by atoms with van der Waals surface area (Å²) in [4.78, 5) is 9.44. The number of hydrogen-bond acceptors (Lipinski definition) is 3. The normalized spacial score (nSPS) is 10.9. The molecule has 1 radical (unpaired) electrons. The van der Waals surface area contributed by atoms with Gasteiger partial charge in [-0.1, -0.05) is 12.2 Å².